The summed E-state index contributed by atoms with van der Waals surface area (Å²) < 4.78 is 9.97. The topological polar surface area (TPSA) is 51.7 Å². The summed E-state index contributed by atoms with van der Waals surface area (Å²) in [5, 5.41) is 0.888. The summed E-state index contributed by atoms with van der Waals surface area (Å²) in [5.74, 6) is 0.369. The zero-order valence-electron chi connectivity index (χ0n) is 12.5. The molecule has 1 aromatic rings. The Labute approximate surface area is 123 Å². The van der Waals surface area contributed by atoms with Crippen LogP contribution >= 0.6 is 11.3 Å². The average molecular weight is 298 g/mol. The first-order valence-corrected chi connectivity index (χ1v) is 7.71. The highest BCUT2D eigenvalue weighted by Crippen LogP contribution is 2.38. The number of methoxy groups -OCH3 is 2. The maximum Gasteiger partial charge on any atom is 0.357 e. The van der Waals surface area contributed by atoms with Crippen molar-refractivity contribution in [3.05, 3.63) is 10.6 Å². The molecule has 1 aromatic heterocycles. The van der Waals surface area contributed by atoms with Crippen LogP contribution in [0.25, 0.3) is 0 Å². The fourth-order valence-corrected chi connectivity index (χ4v) is 3.30. The lowest BCUT2D eigenvalue weighted by Gasteiger charge is -2.28. The second-order valence-corrected chi connectivity index (χ2v) is 6.34. The van der Waals surface area contributed by atoms with Gasteiger partial charge in [-0.1, -0.05) is 0 Å². The number of hydrogen-bond acceptors (Lipinski definition) is 6. The van der Waals surface area contributed by atoms with Crippen molar-refractivity contribution in [2.45, 2.75) is 32.7 Å². The number of nitrogens with zero attached hydrogens (tertiary/aromatic N) is 2. The van der Waals surface area contributed by atoms with Gasteiger partial charge in [0.25, 0.3) is 0 Å². The van der Waals surface area contributed by atoms with Gasteiger partial charge in [0.1, 0.15) is 0 Å². The fraction of sp³-hybridized carbons (Fsp3) is 0.714. The van der Waals surface area contributed by atoms with E-state index in [2.05, 4.69) is 16.8 Å². The van der Waals surface area contributed by atoms with Gasteiger partial charge in [-0.25, -0.2) is 9.78 Å². The molecule has 1 atom stereocenters. The number of hydrogen-bond donors (Lipinski definition) is 0. The molecule has 0 saturated heterocycles. The van der Waals surface area contributed by atoms with E-state index in [-0.39, 0.29) is 5.97 Å². The fourth-order valence-electron chi connectivity index (χ4n) is 2.29. The molecule has 1 aliphatic rings. The molecule has 6 heteroatoms. The van der Waals surface area contributed by atoms with E-state index in [9.17, 15) is 4.79 Å². The molecule has 0 radical (unpaired) electrons. The van der Waals surface area contributed by atoms with Gasteiger partial charge in [0.05, 0.1) is 13.7 Å². The summed E-state index contributed by atoms with van der Waals surface area (Å²) in [6, 6.07) is 0.432. The molecule has 1 aliphatic carbocycles. The van der Waals surface area contributed by atoms with Crippen LogP contribution in [0, 0.1) is 12.8 Å². The van der Waals surface area contributed by atoms with E-state index in [4.69, 9.17) is 9.47 Å². The zero-order valence-corrected chi connectivity index (χ0v) is 13.3. The second-order valence-electron chi connectivity index (χ2n) is 5.16. The standard InChI is InChI=1S/C14H22N2O3S/c1-9(11-5-6-11)16(7-8-18-3)14-15-12(10(2)20-14)13(17)19-4/h9,11H,5-8H2,1-4H3. The van der Waals surface area contributed by atoms with Crippen LogP contribution < -0.4 is 4.90 Å². The minimum absolute atomic E-state index is 0.365. The van der Waals surface area contributed by atoms with Gasteiger partial charge in [-0.2, -0.15) is 0 Å². The minimum Gasteiger partial charge on any atom is -0.464 e. The van der Waals surface area contributed by atoms with Crippen molar-refractivity contribution in [1.29, 1.82) is 0 Å². The Morgan fingerprint density at radius 1 is 1.50 bits per heavy atom. The van der Waals surface area contributed by atoms with Gasteiger partial charge in [0, 0.05) is 24.6 Å². The molecule has 0 N–H and O–H groups in total. The Morgan fingerprint density at radius 2 is 2.20 bits per heavy atom. The summed E-state index contributed by atoms with van der Waals surface area (Å²) >= 11 is 1.55. The average Bonchev–Trinajstić information content (AvgIpc) is 3.22. The molecule has 1 saturated carbocycles. The van der Waals surface area contributed by atoms with E-state index >= 15 is 0 Å². The molecule has 1 fully saturated rings. The van der Waals surface area contributed by atoms with E-state index < -0.39 is 0 Å². The summed E-state index contributed by atoms with van der Waals surface area (Å²) in [6.45, 7) is 5.58. The highest BCUT2D eigenvalue weighted by Gasteiger charge is 2.33. The number of esters is 1. The Morgan fingerprint density at radius 3 is 2.75 bits per heavy atom. The summed E-state index contributed by atoms with van der Waals surface area (Å²) in [7, 11) is 3.09. The van der Waals surface area contributed by atoms with Crippen LogP contribution in [0.15, 0.2) is 0 Å². The van der Waals surface area contributed by atoms with Gasteiger partial charge in [0.15, 0.2) is 10.8 Å². The summed E-state index contributed by atoms with van der Waals surface area (Å²) in [4.78, 5) is 19.3. The van der Waals surface area contributed by atoms with E-state index in [0.29, 0.717) is 18.3 Å². The van der Waals surface area contributed by atoms with Crippen LogP contribution in [0.1, 0.15) is 35.1 Å². The number of carbonyl (C=O) groups is 1. The van der Waals surface area contributed by atoms with E-state index in [0.717, 1.165) is 22.5 Å². The third-order valence-electron chi connectivity index (χ3n) is 3.74. The van der Waals surface area contributed by atoms with Crippen LogP contribution in [-0.4, -0.2) is 44.4 Å². The number of aromatic nitrogens is 1. The van der Waals surface area contributed by atoms with Crippen molar-refractivity contribution in [3.8, 4) is 0 Å². The molecular formula is C14H22N2O3S. The maximum atomic E-state index is 11.7. The quantitative estimate of drug-likeness (QED) is 0.724. The molecule has 0 bridgehead atoms. The van der Waals surface area contributed by atoms with Crippen molar-refractivity contribution in [2.24, 2.45) is 5.92 Å². The van der Waals surface area contributed by atoms with Gasteiger partial charge in [0.2, 0.25) is 0 Å². The largest absolute Gasteiger partial charge is 0.464 e. The Hall–Kier alpha value is -1.14. The molecule has 5 nitrogen and oxygen atoms in total. The van der Waals surface area contributed by atoms with E-state index in [1.807, 2.05) is 6.92 Å². The monoisotopic (exact) mass is 298 g/mol. The van der Waals surface area contributed by atoms with Gasteiger partial charge in [-0.3, -0.25) is 0 Å². The third kappa shape index (κ3) is 3.30. The molecule has 2 rings (SSSR count). The molecule has 20 heavy (non-hydrogen) atoms. The number of ether oxygens (including phenoxy) is 2. The van der Waals surface area contributed by atoms with E-state index in [1.165, 1.54) is 20.0 Å². The van der Waals surface area contributed by atoms with Gasteiger partial charge in [-0.05, 0) is 32.6 Å². The van der Waals surface area contributed by atoms with Crippen LogP contribution in [0.2, 0.25) is 0 Å². The van der Waals surface area contributed by atoms with Gasteiger partial charge >= 0.3 is 5.97 Å². The van der Waals surface area contributed by atoms with Crippen LogP contribution in [0.4, 0.5) is 5.13 Å². The second kappa shape index (κ2) is 6.54. The van der Waals surface area contributed by atoms with Gasteiger partial charge in [-0.15, -0.1) is 11.3 Å². The summed E-state index contributed by atoms with van der Waals surface area (Å²) in [6.07, 6.45) is 2.55. The molecular weight excluding hydrogens is 276 g/mol. The molecule has 1 heterocycles. The number of carbonyl (C=O) groups excluding carboxylic acids is 1. The first-order chi connectivity index (χ1) is 9.58. The molecule has 0 spiro atoms. The first kappa shape index (κ1) is 15.3. The normalized spacial score (nSPS) is 16.0. The van der Waals surface area contributed by atoms with Crippen molar-refractivity contribution >= 4 is 22.4 Å². The van der Waals surface area contributed by atoms with Gasteiger partial charge < -0.3 is 14.4 Å². The van der Waals surface area contributed by atoms with Crippen LogP contribution in [0.5, 0.6) is 0 Å². The maximum absolute atomic E-state index is 11.7. The smallest absolute Gasteiger partial charge is 0.357 e. The number of rotatable bonds is 7. The number of aryl methyl sites for hydroxylation is 1. The molecule has 112 valence electrons. The lowest BCUT2D eigenvalue weighted by molar-refractivity contribution is 0.0594. The van der Waals surface area contributed by atoms with Crippen molar-refractivity contribution in [2.75, 3.05) is 32.3 Å². The molecule has 0 aliphatic heterocycles. The Balaban J connectivity index is 2.21. The van der Waals surface area contributed by atoms with E-state index in [1.54, 1.807) is 18.4 Å². The minimum atomic E-state index is -0.365. The van der Waals surface area contributed by atoms with Crippen molar-refractivity contribution < 1.29 is 14.3 Å². The zero-order chi connectivity index (χ0) is 14.7. The molecule has 0 aromatic carbocycles. The van der Waals surface area contributed by atoms with Crippen molar-refractivity contribution in [3.63, 3.8) is 0 Å². The third-order valence-corrected chi connectivity index (χ3v) is 4.75. The van der Waals surface area contributed by atoms with Crippen molar-refractivity contribution in [1.82, 2.24) is 4.98 Å². The Bertz CT molecular complexity index is 471. The first-order valence-electron chi connectivity index (χ1n) is 6.89. The number of anilines is 1. The highest BCUT2D eigenvalue weighted by molar-refractivity contribution is 7.15. The molecule has 0 amide bonds. The lowest BCUT2D eigenvalue weighted by Crippen LogP contribution is -2.37. The number of thiazole rings is 1. The Kier molecular flexibility index (Phi) is 4.99. The molecule has 1 unspecified atom stereocenters. The predicted molar refractivity (Wildman–Crippen MR) is 79.6 cm³/mol. The SMILES string of the molecule is COCCN(c1nc(C(=O)OC)c(C)s1)C(C)C1CC1. The summed E-state index contributed by atoms with van der Waals surface area (Å²) in [5.41, 5.74) is 0.429. The van der Waals surface area contributed by atoms with Crippen LogP contribution in [0.3, 0.4) is 0 Å². The lowest BCUT2D eigenvalue weighted by atomic mass is 10.2. The van der Waals surface area contributed by atoms with Crippen LogP contribution in [-0.2, 0) is 9.47 Å². The predicted octanol–water partition coefficient (Wildman–Crippen LogP) is 2.49. The highest BCUT2D eigenvalue weighted by atomic mass is 32.1.